The van der Waals surface area contributed by atoms with Gasteiger partial charge in [-0.1, -0.05) is 12.1 Å². The monoisotopic (exact) mass is 312 g/mol. The number of oxazole rings is 1. The minimum Gasteiger partial charge on any atom is -0.478 e. The summed E-state index contributed by atoms with van der Waals surface area (Å²) in [7, 11) is 1.75. The molecule has 0 radical (unpaired) electrons. The van der Waals surface area contributed by atoms with E-state index in [1.807, 2.05) is 0 Å². The Morgan fingerprint density at radius 2 is 1.96 bits per heavy atom. The lowest BCUT2D eigenvalue weighted by Gasteiger charge is -2.14. The van der Waals surface area contributed by atoms with Crippen LogP contribution in [0.2, 0.25) is 0 Å². The number of hydrogen-bond acceptors (Lipinski definition) is 4. The maximum atomic E-state index is 13.0. The second-order valence-electron chi connectivity index (χ2n) is 4.93. The van der Waals surface area contributed by atoms with Crippen LogP contribution in [0.4, 0.5) is 16.1 Å². The van der Waals surface area contributed by atoms with Crippen LogP contribution in [-0.2, 0) is 0 Å². The quantitative estimate of drug-likeness (QED) is 0.790. The molecule has 116 valence electrons. The first kappa shape index (κ1) is 14.8. The average Bonchev–Trinajstić information content (AvgIpc) is 3.05. The molecule has 6 heteroatoms. The van der Waals surface area contributed by atoms with Crippen LogP contribution in [0.1, 0.15) is 10.4 Å². The van der Waals surface area contributed by atoms with Gasteiger partial charge in [0.1, 0.15) is 5.82 Å². The van der Waals surface area contributed by atoms with Crippen molar-refractivity contribution in [2.45, 2.75) is 0 Å². The highest BCUT2D eigenvalue weighted by atomic mass is 19.1. The van der Waals surface area contributed by atoms with E-state index in [4.69, 9.17) is 9.52 Å². The highest BCUT2D eigenvalue weighted by molar-refractivity contribution is 5.89. The molecule has 0 bridgehead atoms. The number of hydrogen-bond donors (Lipinski definition) is 1. The Balaban J connectivity index is 1.89. The van der Waals surface area contributed by atoms with E-state index in [2.05, 4.69) is 4.98 Å². The molecule has 2 aromatic carbocycles. The van der Waals surface area contributed by atoms with Crippen molar-refractivity contribution in [3.8, 4) is 11.3 Å². The highest BCUT2D eigenvalue weighted by Gasteiger charge is 2.13. The van der Waals surface area contributed by atoms with Crippen LogP contribution in [0.15, 0.2) is 59.1 Å². The van der Waals surface area contributed by atoms with Crippen LogP contribution >= 0.6 is 0 Å². The molecule has 0 saturated heterocycles. The minimum atomic E-state index is -1.00. The summed E-state index contributed by atoms with van der Waals surface area (Å²) in [4.78, 5) is 16.9. The first-order valence-corrected chi connectivity index (χ1v) is 6.83. The van der Waals surface area contributed by atoms with Gasteiger partial charge in [-0.05, 0) is 36.4 Å². The summed E-state index contributed by atoms with van der Waals surface area (Å²) in [6.07, 6.45) is 1.52. The first-order valence-electron chi connectivity index (χ1n) is 6.83. The summed E-state index contributed by atoms with van der Waals surface area (Å²) in [5.74, 6) is -0.868. The number of halogens is 1. The van der Waals surface area contributed by atoms with E-state index in [1.54, 1.807) is 36.2 Å². The smallest absolute Gasteiger partial charge is 0.335 e. The zero-order chi connectivity index (χ0) is 16.4. The molecule has 1 N–H and O–H groups in total. The van der Waals surface area contributed by atoms with Gasteiger partial charge >= 0.3 is 12.0 Å². The number of benzene rings is 2. The molecule has 3 rings (SSSR count). The third-order valence-corrected chi connectivity index (χ3v) is 3.39. The van der Waals surface area contributed by atoms with Crippen molar-refractivity contribution in [1.82, 2.24) is 4.98 Å². The zero-order valence-corrected chi connectivity index (χ0v) is 12.2. The number of carbonyl (C=O) groups is 1. The zero-order valence-electron chi connectivity index (χ0n) is 12.2. The molecule has 1 aromatic heterocycles. The molecule has 23 heavy (non-hydrogen) atoms. The molecule has 0 amide bonds. The normalized spacial score (nSPS) is 10.5. The number of aromatic nitrogens is 1. The minimum absolute atomic E-state index is 0.173. The fourth-order valence-electron chi connectivity index (χ4n) is 2.13. The van der Waals surface area contributed by atoms with Gasteiger partial charge in [0.15, 0.2) is 5.76 Å². The molecule has 0 aliphatic rings. The topological polar surface area (TPSA) is 66.6 Å². The van der Waals surface area contributed by atoms with Gasteiger partial charge in [-0.3, -0.25) is 4.90 Å². The van der Waals surface area contributed by atoms with Gasteiger partial charge in [0, 0.05) is 18.3 Å². The number of carboxylic acids is 1. The Morgan fingerprint density at radius 3 is 2.65 bits per heavy atom. The van der Waals surface area contributed by atoms with Crippen LogP contribution < -0.4 is 4.90 Å². The summed E-state index contributed by atoms with van der Waals surface area (Å²) in [6, 6.07) is 12.7. The van der Waals surface area contributed by atoms with Gasteiger partial charge in [-0.15, -0.1) is 0 Å². The molecule has 0 aliphatic carbocycles. The largest absolute Gasteiger partial charge is 0.478 e. The Hall–Kier alpha value is -3.15. The molecule has 1 heterocycles. The summed E-state index contributed by atoms with van der Waals surface area (Å²) in [5.41, 5.74) is 1.52. The lowest BCUT2D eigenvalue weighted by Crippen LogP contribution is -2.09. The first-order chi connectivity index (χ1) is 11.0. The summed E-state index contributed by atoms with van der Waals surface area (Å²) < 4.78 is 18.7. The fraction of sp³-hybridized carbons (Fsp3) is 0.0588. The van der Waals surface area contributed by atoms with Gasteiger partial charge in [0.05, 0.1) is 11.8 Å². The fourth-order valence-corrected chi connectivity index (χ4v) is 2.13. The van der Waals surface area contributed by atoms with Crippen molar-refractivity contribution >= 4 is 17.7 Å². The van der Waals surface area contributed by atoms with E-state index >= 15 is 0 Å². The number of rotatable bonds is 4. The SMILES string of the molecule is CN(c1ccc(F)cc1)c1ncc(-c2cccc(C(=O)O)c2)o1. The molecule has 5 nitrogen and oxygen atoms in total. The Morgan fingerprint density at radius 1 is 1.22 bits per heavy atom. The standard InChI is InChI=1S/C17H13FN2O3/c1-20(14-7-5-13(18)6-8-14)17-19-10-15(23-17)11-3-2-4-12(9-11)16(21)22/h2-10H,1H3,(H,21,22). The van der Waals surface area contributed by atoms with E-state index in [0.717, 1.165) is 5.69 Å². The van der Waals surface area contributed by atoms with Gasteiger partial charge < -0.3 is 9.52 Å². The Labute approximate surface area is 131 Å². The van der Waals surface area contributed by atoms with Crippen molar-refractivity contribution < 1.29 is 18.7 Å². The molecule has 3 aromatic rings. The van der Waals surface area contributed by atoms with Crippen molar-refractivity contribution in [3.63, 3.8) is 0 Å². The average molecular weight is 312 g/mol. The number of anilines is 2. The van der Waals surface area contributed by atoms with Gasteiger partial charge in [-0.25, -0.2) is 14.2 Å². The van der Waals surface area contributed by atoms with E-state index in [9.17, 15) is 9.18 Å². The molecule has 0 saturated carbocycles. The van der Waals surface area contributed by atoms with Crippen LogP contribution in [0.3, 0.4) is 0 Å². The van der Waals surface area contributed by atoms with Crippen molar-refractivity contribution in [3.05, 3.63) is 66.1 Å². The second kappa shape index (κ2) is 5.92. The lowest BCUT2D eigenvalue weighted by molar-refractivity contribution is 0.0697. The molecule has 0 spiro atoms. The molecular formula is C17H13FN2O3. The highest BCUT2D eigenvalue weighted by Crippen LogP contribution is 2.28. The molecule has 0 atom stereocenters. The van der Waals surface area contributed by atoms with Crippen LogP contribution in [0.5, 0.6) is 0 Å². The summed E-state index contributed by atoms with van der Waals surface area (Å²) >= 11 is 0. The second-order valence-corrected chi connectivity index (χ2v) is 4.93. The van der Waals surface area contributed by atoms with Crippen molar-refractivity contribution in [2.75, 3.05) is 11.9 Å². The van der Waals surface area contributed by atoms with E-state index in [1.165, 1.54) is 30.5 Å². The summed E-state index contributed by atoms with van der Waals surface area (Å²) in [6.45, 7) is 0. The number of aromatic carboxylic acids is 1. The maximum absolute atomic E-state index is 13.0. The molecule has 0 aliphatic heterocycles. The van der Waals surface area contributed by atoms with Crippen LogP contribution in [-0.4, -0.2) is 23.1 Å². The molecular weight excluding hydrogens is 299 g/mol. The van der Waals surface area contributed by atoms with E-state index in [0.29, 0.717) is 17.3 Å². The third kappa shape index (κ3) is 3.06. The van der Waals surface area contributed by atoms with Gasteiger partial charge in [0.25, 0.3) is 0 Å². The van der Waals surface area contributed by atoms with Gasteiger partial charge in [-0.2, -0.15) is 0 Å². The lowest BCUT2D eigenvalue weighted by atomic mass is 10.1. The predicted molar refractivity (Wildman–Crippen MR) is 83.4 cm³/mol. The van der Waals surface area contributed by atoms with E-state index < -0.39 is 5.97 Å². The third-order valence-electron chi connectivity index (χ3n) is 3.39. The summed E-state index contributed by atoms with van der Waals surface area (Å²) in [5, 5.41) is 9.04. The Bertz CT molecular complexity index is 843. The van der Waals surface area contributed by atoms with Crippen LogP contribution in [0, 0.1) is 5.82 Å². The Kier molecular flexibility index (Phi) is 3.80. The molecule has 0 unspecified atom stereocenters. The maximum Gasteiger partial charge on any atom is 0.335 e. The van der Waals surface area contributed by atoms with Crippen LogP contribution in [0.25, 0.3) is 11.3 Å². The van der Waals surface area contributed by atoms with Crippen molar-refractivity contribution in [1.29, 1.82) is 0 Å². The number of carboxylic acid groups (broad SMARTS) is 1. The number of nitrogens with zero attached hydrogens (tertiary/aromatic N) is 2. The van der Waals surface area contributed by atoms with Gasteiger partial charge in [0.2, 0.25) is 0 Å². The van der Waals surface area contributed by atoms with E-state index in [-0.39, 0.29) is 11.4 Å². The molecule has 0 fully saturated rings. The predicted octanol–water partition coefficient (Wildman–Crippen LogP) is 3.95. The van der Waals surface area contributed by atoms with Crippen molar-refractivity contribution in [2.24, 2.45) is 0 Å².